The van der Waals surface area contributed by atoms with Crippen LogP contribution in [0, 0.1) is 5.82 Å². The van der Waals surface area contributed by atoms with Gasteiger partial charge in [0, 0.05) is 25.5 Å². The Morgan fingerprint density at radius 1 is 1.05 bits per heavy atom. The summed E-state index contributed by atoms with van der Waals surface area (Å²) in [6, 6.07) is 6.31. The maximum atomic E-state index is 12.7. The minimum Gasteiger partial charge on any atom is -0.353 e. The molecule has 0 amide bonds. The molecule has 2 N–H and O–H groups in total. The summed E-state index contributed by atoms with van der Waals surface area (Å²) in [5.74, 6) is -0.0553. The van der Waals surface area contributed by atoms with Crippen LogP contribution in [-0.4, -0.2) is 31.5 Å². The van der Waals surface area contributed by atoms with Crippen molar-refractivity contribution in [1.82, 2.24) is 14.7 Å². The molecule has 0 bridgehead atoms. The van der Waals surface area contributed by atoms with Crippen molar-refractivity contribution >= 4 is 16.0 Å². The topological polar surface area (TPSA) is 84.0 Å². The third-order valence-electron chi connectivity index (χ3n) is 2.39. The molecule has 0 spiro atoms. The van der Waals surface area contributed by atoms with Crippen molar-refractivity contribution in [3.8, 4) is 0 Å². The van der Waals surface area contributed by atoms with Crippen molar-refractivity contribution in [2.75, 3.05) is 18.4 Å². The zero-order valence-electron chi connectivity index (χ0n) is 10.5. The first kappa shape index (κ1) is 14.4. The van der Waals surface area contributed by atoms with Gasteiger partial charge in [0.2, 0.25) is 16.0 Å². The summed E-state index contributed by atoms with van der Waals surface area (Å²) >= 11 is 0. The first-order valence-electron chi connectivity index (χ1n) is 5.84. The smallest absolute Gasteiger partial charge is 0.240 e. The van der Waals surface area contributed by atoms with Gasteiger partial charge in [-0.2, -0.15) is 0 Å². The van der Waals surface area contributed by atoms with Crippen molar-refractivity contribution in [2.24, 2.45) is 0 Å². The van der Waals surface area contributed by atoms with Crippen LogP contribution in [-0.2, 0) is 10.0 Å². The number of aromatic nitrogens is 2. The number of nitrogens with one attached hydrogen (secondary N) is 2. The lowest BCUT2D eigenvalue weighted by atomic mass is 10.4. The van der Waals surface area contributed by atoms with Crippen molar-refractivity contribution in [1.29, 1.82) is 0 Å². The highest BCUT2D eigenvalue weighted by Crippen LogP contribution is 2.09. The summed E-state index contributed by atoms with van der Waals surface area (Å²) in [7, 11) is -3.63. The quantitative estimate of drug-likeness (QED) is 0.777. The molecule has 0 aliphatic heterocycles. The van der Waals surface area contributed by atoms with Gasteiger partial charge < -0.3 is 5.32 Å². The summed E-state index contributed by atoms with van der Waals surface area (Å²) in [6.45, 7) is 0.502. The fourth-order valence-corrected chi connectivity index (χ4v) is 2.48. The maximum absolute atomic E-state index is 12.7. The second-order valence-electron chi connectivity index (χ2n) is 3.85. The molecule has 1 aromatic carbocycles. The number of sulfonamides is 1. The predicted octanol–water partition coefficient (Wildman–Crippen LogP) is 1.01. The van der Waals surface area contributed by atoms with Crippen LogP contribution in [0.4, 0.5) is 10.3 Å². The standard InChI is InChI=1S/C12H13FN4O2S/c13-10-2-4-11(5-3-10)20(18,19)17-9-8-16-12-14-6-1-7-15-12/h1-7,17H,8-9H2,(H,14,15,16). The van der Waals surface area contributed by atoms with Gasteiger partial charge in [0.25, 0.3) is 0 Å². The highest BCUT2D eigenvalue weighted by atomic mass is 32.2. The van der Waals surface area contributed by atoms with Gasteiger partial charge in [0.1, 0.15) is 5.82 Å². The molecule has 1 heterocycles. The number of halogens is 1. The summed E-state index contributed by atoms with van der Waals surface area (Å²) < 4.78 is 38.9. The molecule has 0 unspecified atom stereocenters. The van der Waals surface area contributed by atoms with Crippen LogP contribution in [0.2, 0.25) is 0 Å². The van der Waals surface area contributed by atoms with Crippen LogP contribution in [0.3, 0.4) is 0 Å². The molecule has 0 atom stereocenters. The van der Waals surface area contributed by atoms with Gasteiger partial charge in [-0.3, -0.25) is 0 Å². The SMILES string of the molecule is O=S(=O)(NCCNc1ncccn1)c1ccc(F)cc1. The maximum Gasteiger partial charge on any atom is 0.240 e. The van der Waals surface area contributed by atoms with E-state index in [1.807, 2.05) is 0 Å². The van der Waals surface area contributed by atoms with E-state index in [-0.39, 0.29) is 11.4 Å². The number of benzene rings is 1. The third kappa shape index (κ3) is 3.97. The average molecular weight is 296 g/mol. The molecule has 0 saturated heterocycles. The Labute approximate surface area is 116 Å². The van der Waals surface area contributed by atoms with E-state index in [2.05, 4.69) is 20.0 Å². The molecule has 6 nitrogen and oxygen atoms in total. The van der Waals surface area contributed by atoms with E-state index in [1.165, 1.54) is 12.1 Å². The van der Waals surface area contributed by atoms with Crippen LogP contribution in [0.25, 0.3) is 0 Å². The number of hydrogen-bond donors (Lipinski definition) is 2. The molecule has 8 heteroatoms. The van der Waals surface area contributed by atoms with Gasteiger partial charge in [-0.1, -0.05) is 0 Å². The molecule has 2 rings (SSSR count). The first-order valence-corrected chi connectivity index (χ1v) is 7.32. The Kier molecular flexibility index (Phi) is 4.59. The molecule has 0 saturated carbocycles. The van der Waals surface area contributed by atoms with Crippen molar-refractivity contribution in [2.45, 2.75) is 4.90 Å². The Morgan fingerprint density at radius 3 is 2.35 bits per heavy atom. The second-order valence-corrected chi connectivity index (χ2v) is 5.62. The molecule has 0 fully saturated rings. The fourth-order valence-electron chi connectivity index (χ4n) is 1.45. The molecule has 1 aromatic heterocycles. The highest BCUT2D eigenvalue weighted by Gasteiger charge is 2.12. The summed E-state index contributed by atoms with van der Waals surface area (Å²) in [5, 5.41) is 2.87. The number of rotatable bonds is 6. The fraction of sp³-hybridized carbons (Fsp3) is 0.167. The lowest BCUT2D eigenvalue weighted by Crippen LogP contribution is -2.29. The normalized spacial score (nSPS) is 11.2. The summed E-state index contributed by atoms with van der Waals surface area (Å²) in [6.07, 6.45) is 3.16. The van der Waals surface area contributed by atoms with E-state index < -0.39 is 15.8 Å². The monoisotopic (exact) mass is 296 g/mol. The number of anilines is 1. The van der Waals surface area contributed by atoms with Gasteiger partial charge in [0.15, 0.2) is 0 Å². The van der Waals surface area contributed by atoms with Crippen LogP contribution < -0.4 is 10.0 Å². The Bertz CT molecular complexity index is 647. The van der Waals surface area contributed by atoms with Crippen LogP contribution in [0.5, 0.6) is 0 Å². The third-order valence-corrected chi connectivity index (χ3v) is 3.87. The second kappa shape index (κ2) is 6.40. The minimum atomic E-state index is -3.63. The molecule has 106 valence electrons. The lowest BCUT2D eigenvalue weighted by Gasteiger charge is -2.07. The summed E-state index contributed by atoms with van der Waals surface area (Å²) in [4.78, 5) is 7.90. The van der Waals surface area contributed by atoms with Crippen molar-refractivity contribution < 1.29 is 12.8 Å². The largest absolute Gasteiger partial charge is 0.353 e. The molecular weight excluding hydrogens is 283 g/mol. The number of nitrogens with zero attached hydrogens (tertiary/aromatic N) is 2. The van der Waals surface area contributed by atoms with Gasteiger partial charge >= 0.3 is 0 Å². The molecule has 20 heavy (non-hydrogen) atoms. The van der Waals surface area contributed by atoms with Crippen LogP contribution in [0.15, 0.2) is 47.6 Å². The van der Waals surface area contributed by atoms with E-state index in [0.717, 1.165) is 12.1 Å². The van der Waals surface area contributed by atoms with Gasteiger partial charge in [-0.15, -0.1) is 0 Å². The Morgan fingerprint density at radius 2 is 1.70 bits per heavy atom. The first-order chi connectivity index (χ1) is 9.58. The lowest BCUT2D eigenvalue weighted by molar-refractivity contribution is 0.582. The number of hydrogen-bond acceptors (Lipinski definition) is 5. The van der Waals surface area contributed by atoms with E-state index in [1.54, 1.807) is 18.5 Å². The van der Waals surface area contributed by atoms with E-state index >= 15 is 0 Å². The Hall–Kier alpha value is -2.06. The van der Waals surface area contributed by atoms with E-state index in [4.69, 9.17) is 0 Å². The minimum absolute atomic E-state index is 0.0230. The van der Waals surface area contributed by atoms with Gasteiger partial charge in [-0.05, 0) is 30.3 Å². The van der Waals surface area contributed by atoms with Crippen LogP contribution >= 0.6 is 0 Å². The molecule has 2 aromatic rings. The van der Waals surface area contributed by atoms with Crippen molar-refractivity contribution in [3.05, 3.63) is 48.5 Å². The molecule has 0 radical (unpaired) electrons. The van der Waals surface area contributed by atoms with Gasteiger partial charge in [0.05, 0.1) is 4.90 Å². The Balaban J connectivity index is 1.85. The molecular formula is C12H13FN4O2S. The highest BCUT2D eigenvalue weighted by molar-refractivity contribution is 7.89. The van der Waals surface area contributed by atoms with Crippen LogP contribution in [0.1, 0.15) is 0 Å². The van der Waals surface area contributed by atoms with Gasteiger partial charge in [-0.25, -0.2) is 27.5 Å². The average Bonchev–Trinajstić information content (AvgIpc) is 2.45. The van der Waals surface area contributed by atoms with E-state index in [9.17, 15) is 12.8 Å². The van der Waals surface area contributed by atoms with E-state index in [0.29, 0.717) is 12.5 Å². The molecule has 0 aliphatic carbocycles. The summed E-state index contributed by atoms with van der Waals surface area (Å²) in [5.41, 5.74) is 0. The molecule has 0 aliphatic rings. The van der Waals surface area contributed by atoms with Crippen molar-refractivity contribution in [3.63, 3.8) is 0 Å². The predicted molar refractivity (Wildman–Crippen MR) is 72.1 cm³/mol. The zero-order valence-corrected chi connectivity index (χ0v) is 11.3. The zero-order chi connectivity index (χ0) is 14.4.